The minimum Gasteiger partial charge on any atom is -0.369 e. The second kappa shape index (κ2) is 2.21. The Balaban J connectivity index is 1.99. The number of hydrogen-bond donors (Lipinski definition) is 2. The molecule has 1 saturated carbocycles. The molecule has 2 unspecified atom stereocenters. The molecule has 1 amide bonds. The van der Waals surface area contributed by atoms with Gasteiger partial charge in [0.05, 0.1) is 5.92 Å². The summed E-state index contributed by atoms with van der Waals surface area (Å²) in [5, 5.41) is 3.40. The molecule has 1 aliphatic heterocycles. The minimum atomic E-state index is -0.126. The fourth-order valence-electron chi connectivity index (χ4n) is 2.14. The van der Waals surface area contributed by atoms with E-state index in [-0.39, 0.29) is 17.4 Å². The van der Waals surface area contributed by atoms with Crippen molar-refractivity contribution in [3.05, 3.63) is 0 Å². The lowest BCUT2D eigenvalue weighted by Gasteiger charge is -2.23. The molecular formula is C8H14N2O. The molecule has 2 fully saturated rings. The lowest BCUT2D eigenvalue weighted by molar-refractivity contribution is -0.119. The Labute approximate surface area is 66.3 Å². The monoisotopic (exact) mass is 154 g/mol. The largest absolute Gasteiger partial charge is 0.369 e. The van der Waals surface area contributed by atoms with Crippen LogP contribution in [0, 0.1) is 5.92 Å². The van der Waals surface area contributed by atoms with Crippen LogP contribution in [0.2, 0.25) is 0 Å². The van der Waals surface area contributed by atoms with Crippen molar-refractivity contribution in [2.45, 2.75) is 31.2 Å². The van der Waals surface area contributed by atoms with Crippen LogP contribution in [0.4, 0.5) is 0 Å². The third-order valence-corrected chi connectivity index (χ3v) is 2.95. The standard InChI is InChI=1S/C8H14N2O/c9-7(11)6-5-8(6)3-1-2-4-10-8/h6,10H,1-5H2,(H2,9,11). The summed E-state index contributed by atoms with van der Waals surface area (Å²) in [5.74, 6) is 0.00204. The summed E-state index contributed by atoms with van der Waals surface area (Å²) in [4.78, 5) is 10.8. The predicted molar refractivity (Wildman–Crippen MR) is 41.9 cm³/mol. The van der Waals surface area contributed by atoms with Crippen LogP contribution >= 0.6 is 0 Å². The molecule has 0 bridgehead atoms. The Morgan fingerprint density at radius 2 is 2.36 bits per heavy atom. The van der Waals surface area contributed by atoms with Gasteiger partial charge in [-0.05, 0) is 25.8 Å². The van der Waals surface area contributed by atoms with Gasteiger partial charge in [-0.15, -0.1) is 0 Å². The van der Waals surface area contributed by atoms with Crippen molar-refractivity contribution in [2.75, 3.05) is 6.54 Å². The van der Waals surface area contributed by atoms with Gasteiger partial charge in [0.2, 0.25) is 5.91 Å². The van der Waals surface area contributed by atoms with Crippen LogP contribution in [0.5, 0.6) is 0 Å². The number of amides is 1. The first-order valence-corrected chi connectivity index (χ1v) is 4.29. The molecule has 0 aromatic rings. The van der Waals surface area contributed by atoms with Crippen LogP contribution < -0.4 is 11.1 Å². The predicted octanol–water partition coefficient (Wildman–Crippen LogP) is 0.00390. The fraction of sp³-hybridized carbons (Fsp3) is 0.875. The van der Waals surface area contributed by atoms with Crippen molar-refractivity contribution in [1.82, 2.24) is 5.32 Å². The maximum absolute atomic E-state index is 10.8. The topological polar surface area (TPSA) is 55.1 Å². The van der Waals surface area contributed by atoms with Crippen molar-refractivity contribution in [3.63, 3.8) is 0 Å². The highest BCUT2D eigenvalue weighted by molar-refractivity contribution is 5.81. The van der Waals surface area contributed by atoms with Crippen molar-refractivity contribution in [1.29, 1.82) is 0 Å². The number of piperidine rings is 1. The molecule has 0 radical (unpaired) electrons. The maximum Gasteiger partial charge on any atom is 0.222 e. The summed E-state index contributed by atoms with van der Waals surface area (Å²) in [6.07, 6.45) is 4.60. The van der Waals surface area contributed by atoms with Crippen LogP contribution in [-0.2, 0) is 4.79 Å². The molecule has 3 heteroatoms. The molecule has 1 saturated heterocycles. The van der Waals surface area contributed by atoms with Gasteiger partial charge >= 0.3 is 0 Å². The maximum atomic E-state index is 10.8. The number of nitrogens with two attached hydrogens (primary N) is 1. The number of carbonyl (C=O) groups excluding carboxylic acids is 1. The summed E-state index contributed by atoms with van der Waals surface area (Å²) in [5.41, 5.74) is 5.37. The second-order valence-corrected chi connectivity index (χ2v) is 3.70. The molecule has 11 heavy (non-hydrogen) atoms. The third kappa shape index (κ3) is 1.03. The van der Waals surface area contributed by atoms with E-state index in [4.69, 9.17) is 5.73 Å². The Bertz CT molecular complexity index is 185. The molecule has 2 rings (SSSR count). The van der Waals surface area contributed by atoms with Gasteiger partial charge in [-0.3, -0.25) is 4.79 Å². The summed E-state index contributed by atoms with van der Waals surface area (Å²) >= 11 is 0. The van der Waals surface area contributed by atoms with E-state index >= 15 is 0 Å². The normalized spacial score (nSPS) is 42.4. The molecule has 2 atom stereocenters. The van der Waals surface area contributed by atoms with Gasteiger partial charge < -0.3 is 11.1 Å². The number of hydrogen-bond acceptors (Lipinski definition) is 2. The Kier molecular flexibility index (Phi) is 1.42. The van der Waals surface area contributed by atoms with Crippen molar-refractivity contribution in [3.8, 4) is 0 Å². The molecule has 2 aliphatic rings. The number of rotatable bonds is 1. The summed E-state index contributed by atoms with van der Waals surface area (Å²) in [6.45, 7) is 1.06. The zero-order chi connectivity index (χ0) is 7.90. The van der Waals surface area contributed by atoms with E-state index in [2.05, 4.69) is 5.32 Å². The van der Waals surface area contributed by atoms with Crippen LogP contribution in [0.1, 0.15) is 25.7 Å². The number of primary amides is 1. The van der Waals surface area contributed by atoms with E-state index in [0.29, 0.717) is 0 Å². The Morgan fingerprint density at radius 3 is 2.82 bits per heavy atom. The van der Waals surface area contributed by atoms with Gasteiger partial charge in [-0.25, -0.2) is 0 Å². The van der Waals surface area contributed by atoms with Crippen LogP contribution in [0.15, 0.2) is 0 Å². The van der Waals surface area contributed by atoms with Crippen LogP contribution in [0.3, 0.4) is 0 Å². The highest BCUT2D eigenvalue weighted by atomic mass is 16.1. The van der Waals surface area contributed by atoms with Gasteiger partial charge in [0, 0.05) is 5.54 Å². The van der Waals surface area contributed by atoms with E-state index < -0.39 is 0 Å². The van der Waals surface area contributed by atoms with Gasteiger partial charge in [0.25, 0.3) is 0 Å². The second-order valence-electron chi connectivity index (χ2n) is 3.70. The molecule has 1 heterocycles. The molecule has 62 valence electrons. The Hall–Kier alpha value is -0.570. The van der Waals surface area contributed by atoms with Crippen LogP contribution in [0.25, 0.3) is 0 Å². The molecule has 1 spiro atoms. The highest BCUT2D eigenvalue weighted by Crippen LogP contribution is 2.48. The number of nitrogens with one attached hydrogen (secondary N) is 1. The van der Waals surface area contributed by atoms with Crippen LogP contribution in [-0.4, -0.2) is 18.0 Å². The molecule has 3 N–H and O–H groups in total. The van der Waals surface area contributed by atoms with Gasteiger partial charge in [-0.1, -0.05) is 6.42 Å². The molecule has 1 aliphatic carbocycles. The van der Waals surface area contributed by atoms with Gasteiger partial charge in [0.15, 0.2) is 0 Å². The fourth-order valence-corrected chi connectivity index (χ4v) is 2.14. The minimum absolute atomic E-state index is 0.126. The summed E-state index contributed by atoms with van der Waals surface area (Å²) in [6, 6.07) is 0. The SMILES string of the molecule is NC(=O)C1CC12CCCCN2. The average molecular weight is 154 g/mol. The van der Waals surface area contributed by atoms with Gasteiger partial charge in [0.1, 0.15) is 0 Å². The molecular weight excluding hydrogens is 140 g/mol. The molecule has 0 aromatic carbocycles. The molecule has 3 nitrogen and oxygen atoms in total. The first kappa shape index (κ1) is 7.10. The van der Waals surface area contributed by atoms with E-state index in [1.54, 1.807) is 0 Å². The van der Waals surface area contributed by atoms with Crippen molar-refractivity contribution in [2.24, 2.45) is 11.7 Å². The quantitative estimate of drug-likeness (QED) is 0.558. The van der Waals surface area contributed by atoms with Crippen molar-refractivity contribution < 1.29 is 4.79 Å². The van der Waals surface area contributed by atoms with Gasteiger partial charge in [-0.2, -0.15) is 0 Å². The first-order chi connectivity index (χ1) is 5.25. The zero-order valence-electron chi connectivity index (χ0n) is 6.60. The van der Waals surface area contributed by atoms with E-state index in [1.165, 1.54) is 12.8 Å². The molecule has 0 aromatic heterocycles. The van der Waals surface area contributed by atoms with E-state index in [1.807, 2.05) is 0 Å². The first-order valence-electron chi connectivity index (χ1n) is 4.29. The van der Waals surface area contributed by atoms with Crippen molar-refractivity contribution >= 4 is 5.91 Å². The lowest BCUT2D eigenvalue weighted by atomic mass is 10.0. The third-order valence-electron chi connectivity index (χ3n) is 2.95. The lowest BCUT2D eigenvalue weighted by Crippen LogP contribution is -2.40. The summed E-state index contributed by atoms with van der Waals surface area (Å²) in [7, 11) is 0. The average Bonchev–Trinajstić information content (AvgIpc) is 2.66. The smallest absolute Gasteiger partial charge is 0.222 e. The Morgan fingerprint density at radius 1 is 1.55 bits per heavy atom. The number of carbonyl (C=O) groups is 1. The van der Waals surface area contributed by atoms with E-state index in [9.17, 15) is 4.79 Å². The zero-order valence-corrected chi connectivity index (χ0v) is 6.60. The van der Waals surface area contributed by atoms with E-state index in [0.717, 1.165) is 19.4 Å². The summed E-state index contributed by atoms with van der Waals surface area (Å²) < 4.78 is 0. The highest BCUT2D eigenvalue weighted by Gasteiger charge is 2.57.